The summed E-state index contributed by atoms with van der Waals surface area (Å²) in [5, 5.41) is 9.28. The van der Waals surface area contributed by atoms with Crippen molar-refractivity contribution in [2.75, 3.05) is 7.11 Å². The Kier molecular flexibility index (Phi) is 4.10. The van der Waals surface area contributed by atoms with Crippen molar-refractivity contribution in [3.63, 3.8) is 0 Å². The lowest BCUT2D eigenvalue weighted by molar-refractivity contribution is 0.185. The minimum atomic E-state index is -0.198. The average Bonchev–Trinajstić information content (AvgIpc) is 2.99. The van der Waals surface area contributed by atoms with Crippen molar-refractivity contribution >= 4 is 47.7 Å². The molecule has 4 rings (SSSR count). The van der Waals surface area contributed by atoms with Gasteiger partial charge in [0.25, 0.3) is 5.56 Å². The number of aryl methyl sites for hydroxylation is 1. The highest BCUT2D eigenvalue weighted by molar-refractivity contribution is 9.10. The van der Waals surface area contributed by atoms with Gasteiger partial charge in [-0.05, 0) is 35.0 Å². The number of aromatic nitrogens is 4. The van der Waals surface area contributed by atoms with Crippen LogP contribution in [-0.2, 0) is 11.3 Å². The van der Waals surface area contributed by atoms with Crippen LogP contribution >= 0.6 is 27.3 Å². The summed E-state index contributed by atoms with van der Waals surface area (Å²) >= 11 is 4.91. The summed E-state index contributed by atoms with van der Waals surface area (Å²) in [6.45, 7) is 2.32. The zero-order valence-corrected chi connectivity index (χ0v) is 15.9. The standard InChI is InChI=1S/C17H13BrN4O2S/c1-9-13(18)11(8-24-2)12-14-15(25-16(12)19-9)17(23)22(21-20-14)10-6-4-3-5-7-10/h3-7H,8H2,1-2H3. The second-order valence-corrected chi connectivity index (χ2v) is 7.32. The molecule has 3 aromatic heterocycles. The summed E-state index contributed by atoms with van der Waals surface area (Å²) in [6, 6.07) is 9.25. The number of benzene rings is 1. The third-order valence-corrected chi connectivity index (χ3v) is 6.04. The first-order valence-electron chi connectivity index (χ1n) is 7.53. The third kappa shape index (κ3) is 2.57. The first kappa shape index (κ1) is 16.3. The fourth-order valence-corrected chi connectivity index (χ4v) is 4.29. The number of ether oxygens (including phenoxy) is 1. The number of rotatable bonds is 3. The van der Waals surface area contributed by atoms with Gasteiger partial charge < -0.3 is 4.74 Å². The smallest absolute Gasteiger partial charge is 0.292 e. The van der Waals surface area contributed by atoms with Gasteiger partial charge in [0.05, 0.1) is 18.0 Å². The normalized spacial score (nSPS) is 11.5. The van der Waals surface area contributed by atoms with Gasteiger partial charge in [-0.1, -0.05) is 23.4 Å². The lowest BCUT2D eigenvalue weighted by atomic mass is 10.1. The quantitative estimate of drug-likeness (QED) is 0.510. The number of nitrogens with zero attached hydrogens (tertiary/aromatic N) is 4. The maximum atomic E-state index is 12.9. The lowest BCUT2D eigenvalue weighted by Gasteiger charge is -2.08. The van der Waals surface area contributed by atoms with Gasteiger partial charge in [-0.15, -0.1) is 16.4 Å². The fourth-order valence-electron chi connectivity index (χ4n) is 2.78. The predicted molar refractivity (Wildman–Crippen MR) is 101 cm³/mol. The Morgan fingerprint density at radius 2 is 2.04 bits per heavy atom. The fraction of sp³-hybridized carbons (Fsp3) is 0.176. The van der Waals surface area contributed by atoms with E-state index < -0.39 is 0 Å². The highest BCUT2D eigenvalue weighted by Gasteiger charge is 2.20. The lowest BCUT2D eigenvalue weighted by Crippen LogP contribution is -2.21. The first-order chi connectivity index (χ1) is 12.1. The topological polar surface area (TPSA) is 69.9 Å². The number of hydrogen-bond acceptors (Lipinski definition) is 6. The molecular weight excluding hydrogens is 404 g/mol. The summed E-state index contributed by atoms with van der Waals surface area (Å²) in [7, 11) is 1.64. The number of thiophene rings is 1. The number of hydrogen-bond donors (Lipinski definition) is 0. The molecule has 0 fully saturated rings. The van der Waals surface area contributed by atoms with Crippen LogP contribution in [0.25, 0.3) is 26.1 Å². The van der Waals surface area contributed by atoms with Gasteiger partial charge in [0.15, 0.2) is 0 Å². The van der Waals surface area contributed by atoms with Gasteiger partial charge in [0, 0.05) is 22.5 Å². The Labute approximate surface area is 155 Å². The van der Waals surface area contributed by atoms with Crippen molar-refractivity contribution in [1.29, 1.82) is 0 Å². The van der Waals surface area contributed by atoms with Gasteiger partial charge in [-0.25, -0.2) is 4.98 Å². The van der Waals surface area contributed by atoms with Gasteiger partial charge in [0.2, 0.25) is 0 Å². The second kappa shape index (κ2) is 6.29. The van der Waals surface area contributed by atoms with Crippen molar-refractivity contribution in [2.45, 2.75) is 13.5 Å². The molecule has 0 amide bonds. The second-order valence-electron chi connectivity index (χ2n) is 5.52. The van der Waals surface area contributed by atoms with Crippen molar-refractivity contribution in [3.8, 4) is 5.69 Å². The number of halogens is 1. The molecule has 6 nitrogen and oxygen atoms in total. The van der Waals surface area contributed by atoms with E-state index in [1.165, 1.54) is 16.0 Å². The summed E-state index contributed by atoms with van der Waals surface area (Å²) in [4.78, 5) is 18.3. The van der Waals surface area contributed by atoms with E-state index in [-0.39, 0.29) is 5.56 Å². The molecule has 8 heteroatoms. The van der Waals surface area contributed by atoms with Crippen LogP contribution in [0.5, 0.6) is 0 Å². The van der Waals surface area contributed by atoms with E-state index in [0.29, 0.717) is 22.5 Å². The minimum absolute atomic E-state index is 0.198. The molecule has 0 aliphatic heterocycles. The Hall–Kier alpha value is -2.16. The Bertz CT molecular complexity index is 1150. The SMILES string of the molecule is COCc1c(Br)c(C)nc2sc3c(=O)n(-c4ccccc4)nnc3c12. The molecule has 0 unspecified atom stereocenters. The number of pyridine rings is 1. The van der Waals surface area contributed by atoms with E-state index in [2.05, 4.69) is 31.2 Å². The first-order valence-corrected chi connectivity index (χ1v) is 9.14. The van der Waals surface area contributed by atoms with Crippen LogP contribution in [-0.4, -0.2) is 27.1 Å². The van der Waals surface area contributed by atoms with Crippen LogP contribution in [0.2, 0.25) is 0 Å². The Morgan fingerprint density at radius 3 is 2.76 bits per heavy atom. The van der Waals surface area contributed by atoms with Gasteiger partial charge in [-0.2, -0.15) is 4.68 Å². The number of para-hydroxylation sites is 1. The Morgan fingerprint density at radius 1 is 1.28 bits per heavy atom. The van der Waals surface area contributed by atoms with Crippen molar-refractivity contribution in [2.24, 2.45) is 0 Å². The van der Waals surface area contributed by atoms with E-state index in [4.69, 9.17) is 4.74 Å². The molecule has 0 radical (unpaired) electrons. The number of fused-ring (bicyclic) bond motifs is 3. The van der Waals surface area contributed by atoms with E-state index in [1.807, 2.05) is 37.3 Å². The predicted octanol–water partition coefficient (Wildman–Crippen LogP) is 3.61. The maximum Gasteiger partial charge on any atom is 0.292 e. The monoisotopic (exact) mass is 416 g/mol. The molecule has 126 valence electrons. The molecule has 0 atom stereocenters. The van der Waals surface area contributed by atoms with Gasteiger partial charge in [0.1, 0.15) is 15.0 Å². The van der Waals surface area contributed by atoms with Crippen molar-refractivity contribution in [1.82, 2.24) is 20.0 Å². The van der Waals surface area contributed by atoms with E-state index >= 15 is 0 Å². The van der Waals surface area contributed by atoms with E-state index in [9.17, 15) is 4.79 Å². The molecule has 4 aromatic rings. The average molecular weight is 417 g/mol. The molecule has 25 heavy (non-hydrogen) atoms. The molecule has 3 heterocycles. The van der Waals surface area contributed by atoms with Crippen molar-refractivity contribution < 1.29 is 4.74 Å². The van der Waals surface area contributed by atoms with E-state index in [0.717, 1.165) is 25.9 Å². The molecule has 0 bridgehead atoms. The van der Waals surface area contributed by atoms with Gasteiger partial charge >= 0.3 is 0 Å². The molecule has 0 saturated heterocycles. The zero-order valence-electron chi connectivity index (χ0n) is 13.5. The van der Waals surface area contributed by atoms with Crippen LogP contribution in [0.4, 0.5) is 0 Å². The van der Waals surface area contributed by atoms with E-state index in [1.54, 1.807) is 7.11 Å². The van der Waals surface area contributed by atoms with Crippen LogP contribution in [0.15, 0.2) is 39.6 Å². The molecule has 0 saturated carbocycles. The minimum Gasteiger partial charge on any atom is -0.380 e. The third-order valence-electron chi connectivity index (χ3n) is 3.93. The Balaban J connectivity index is 2.09. The summed E-state index contributed by atoms with van der Waals surface area (Å²) in [5.74, 6) is 0. The van der Waals surface area contributed by atoms with Crippen LogP contribution in [0.3, 0.4) is 0 Å². The highest BCUT2D eigenvalue weighted by Crippen LogP contribution is 2.36. The molecule has 1 aromatic carbocycles. The molecule has 0 spiro atoms. The number of methoxy groups -OCH3 is 1. The van der Waals surface area contributed by atoms with Crippen molar-refractivity contribution in [3.05, 3.63) is 56.4 Å². The maximum absolute atomic E-state index is 12.9. The van der Waals surface area contributed by atoms with Crippen LogP contribution in [0.1, 0.15) is 11.3 Å². The zero-order chi connectivity index (χ0) is 17.6. The van der Waals surface area contributed by atoms with Crippen LogP contribution in [0, 0.1) is 6.92 Å². The highest BCUT2D eigenvalue weighted by atomic mass is 79.9. The summed E-state index contributed by atoms with van der Waals surface area (Å²) in [6.07, 6.45) is 0. The summed E-state index contributed by atoms with van der Waals surface area (Å²) < 4.78 is 8.05. The molecule has 0 aliphatic rings. The van der Waals surface area contributed by atoms with Gasteiger partial charge in [-0.3, -0.25) is 4.79 Å². The largest absolute Gasteiger partial charge is 0.380 e. The molecule has 0 aliphatic carbocycles. The van der Waals surface area contributed by atoms with Crippen LogP contribution < -0.4 is 5.56 Å². The summed E-state index contributed by atoms with van der Waals surface area (Å²) in [5.41, 5.74) is 2.83. The molecule has 0 N–H and O–H groups in total. The molecular formula is C17H13BrN4O2S.